The summed E-state index contributed by atoms with van der Waals surface area (Å²) in [5.74, 6) is 1.61. The Hall–Kier alpha value is -3.12. The first kappa shape index (κ1) is 19.2. The van der Waals surface area contributed by atoms with Crippen LogP contribution in [0, 0.1) is 0 Å². The van der Waals surface area contributed by atoms with E-state index in [0.29, 0.717) is 6.61 Å². The van der Waals surface area contributed by atoms with Crippen molar-refractivity contribution in [2.24, 2.45) is 0 Å². The van der Waals surface area contributed by atoms with E-state index < -0.39 is 0 Å². The molecule has 4 rings (SSSR count). The lowest BCUT2D eigenvalue weighted by molar-refractivity contribution is 0.340. The maximum Gasteiger partial charge on any atom is 0.196 e. The van der Waals surface area contributed by atoms with Crippen LogP contribution in [0.5, 0.6) is 5.75 Å². The molecule has 2 heterocycles. The Morgan fingerprint density at radius 2 is 1.76 bits per heavy atom. The number of nitrogens with zero attached hydrogens (tertiary/aromatic N) is 4. The number of benzene rings is 2. The molecule has 0 bridgehead atoms. The standard InChI is InChI=1S/C23H22N4OS/c1-3-28-21-13-11-20(12-14-21)27-22(19-10-7-15-24-16-19)25-26-23(27)29-17(2)18-8-5-4-6-9-18/h4-17H,3H2,1-2H3. The highest BCUT2D eigenvalue weighted by atomic mass is 32.2. The number of hydrogen-bond acceptors (Lipinski definition) is 5. The number of pyridine rings is 1. The molecule has 6 heteroatoms. The molecule has 0 saturated carbocycles. The molecule has 1 atom stereocenters. The van der Waals surface area contributed by atoms with Crippen LogP contribution in [0.25, 0.3) is 17.1 Å². The van der Waals surface area contributed by atoms with E-state index in [9.17, 15) is 0 Å². The highest BCUT2D eigenvalue weighted by Crippen LogP contribution is 2.37. The molecule has 1 unspecified atom stereocenters. The fourth-order valence-corrected chi connectivity index (χ4v) is 4.06. The highest BCUT2D eigenvalue weighted by Gasteiger charge is 2.19. The Balaban J connectivity index is 1.74. The van der Waals surface area contributed by atoms with E-state index in [2.05, 4.69) is 50.9 Å². The number of aromatic nitrogens is 4. The second-order valence-corrected chi connectivity index (χ2v) is 7.79. The van der Waals surface area contributed by atoms with E-state index >= 15 is 0 Å². The van der Waals surface area contributed by atoms with E-state index in [4.69, 9.17) is 4.74 Å². The van der Waals surface area contributed by atoms with E-state index in [0.717, 1.165) is 28.0 Å². The smallest absolute Gasteiger partial charge is 0.196 e. The Bertz CT molecular complexity index is 1050. The second kappa shape index (κ2) is 8.92. The van der Waals surface area contributed by atoms with Crippen LogP contribution in [0.4, 0.5) is 0 Å². The lowest BCUT2D eigenvalue weighted by Crippen LogP contribution is -2.01. The summed E-state index contributed by atoms with van der Waals surface area (Å²) in [7, 11) is 0. The third kappa shape index (κ3) is 4.32. The van der Waals surface area contributed by atoms with Crippen LogP contribution in [0.3, 0.4) is 0 Å². The zero-order chi connectivity index (χ0) is 20.1. The number of hydrogen-bond donors (Lipinski definition) is 0. The van der Waals surface area contributed by atoms with E-state index in [1.54, 1.807) is 18.0 Å². The van der Waals surface area contributed by atoms with Crippen LogP contribution < -0.4 is 4.74 Å². The third-order valence-corrected chi connectivity index (χ3v) is 5.61. The van der Waals surface area contributed by atoms with Crippen molar-refractivity contribution in [1.82, 2.24) is 19.7 Å². The molecule has 0 amide bonds. The van der Waals surface area contributed by atoms with Crippen LogP contribution in [0.2, 0.25) is 0 Å². The van der Waals surface area contributed by atoms with Gasteiger partial charge in [-0.15, -0.1) is 10.2 Å². The molecular weight excluding hydrogens is 380 g/mol. The van der Waals surface area contributed by atoms with Gasteiger partial charge in [-0.2, -0.15) is 0 Å². The summed E-state index contributed by atoms with van der Waals surface area (Å²) in [6.45, 7) is 4.80. The topological polar surface area (TPSA) is 52.8 Å². The summed E-state index contributed by atoms with van der Waals surface area (Å²) < 4.78 is 7.67. The van der Waals surface area contributed by atoms with Crippen LogP contribution in [0.15, 0.2) is 84.3 Å². The number of thioether (sulfide) groups is 1. The van der Waals surface area contributed by atoms with Gasteiger partial charge >= 0.3 is 0 Å². The largest absolute Gasteiger partial charge is 0.494 e. The zero-order valence-corrected chi connectivity index (χ0v) is 17.2. The first-order valence-corrected chi connectivity index (χ1v) is 10.4. The fraction of sp³-hybridized carbons (Fsp3) is 0.174. The van der Waals surface area contributed by atoms with Crippen molar-refractivity contribution in [2.75, 3.05) is 6.61 Å². The van der Waals surface area contributed by atoms with Crippen molar-refractivity contribution in [3.8, 4) is 22.8 Å². The summed E-state index contributed by atoms with van der Waals surface area (Å²) in [6.07, 6.45) is 3.57. The van der Waals surface area contributed by atoms with Crippen molar-refractivity contribution < 1.29 is 4.74 Å². The fourth-order valence-electron chi connectivity index (χ4n) is 3.07. The predicted molar refractivity (Wildman–Crippen MR) is 116 cm³/mol. The second-order valence-electron chi connectivity index (χ2n) is 6.48. The molecule has 0 fully saturated rings. The summed E-state index contributed by atoms with van der Waals surface area (Å²) >= 11 is 1.69. The first-order chi connectivity index (χ1) is 14.3. The first-order valence-electron chi connectivity index (χ1n) is 9.57. The van der Waals surface area contributed by atoms with Gasteiger partial charge in [-0.05, 0) is 55.8 Å². The van der Waals surface area contributed by atoms with Crippen molar-refractivity contribution in [2.45, 2.75) is 24.3 Å². The molecule has 0 spiro atoms. The molecule has 5 nitrogen and oxygen atoms in total. The summed E-state index contributed by atoms with van der Waals surface area (Å²) in [5, 5.41) is 10.1. The molecule has 0 aliphatic heterocycles. The zero-order valence-electron chi connectivity index (χ0n) is 16.4. The van der Waals surface area contributed by atoms with E-state index in [-0.39, 0.29) is 5.25 Å². The molecular formula is C23H22N4OS. The minimum atomic E-state index is 0.239. The van der Waals surface area contributed by atoms with E-state index in [1.165, 1.54) is 5.56 Å². The van der Waals surface area contributed by atoms with Crippen LogP contribution in [-0.4, -0.2) is 26.4 Å². The molecule has 146 valence electrons. The Labute approximate surface area is 174 Å². The molecule has 0 aliphatic carbocycles. The monoisotopic (exact) mass is 402 g/mol. The predicted octanol–water partition coefficient (Wildman–Crippen LogP) is 5.58. The summed E-state index contributed by atoms with van der Waals surface area (Å²) in [6, 6.07) is 22.3. The van der Waals surface area contributed by atoms with Gasteiger partial charge in [0.15, 0.2) is 11.0 Å². The van der Waals surface area contributed by atoms with E-state index in [1.807, 2.05) is 55.6 Å². The number of ether oxygens (including phenoxy) is 1. The molecule has 0 saturated heterocycles. The van der Waals surface area contributed by atoms with Gasteiger partial charge in [-0.1, -0.05) is 42.1 Å². The normalized spacial score (nSPS) is 11.9. The van der Waals surface area contributed by atoms with Gasteiger partial charge in [0, 0.05) is 28.9 Å². The average Bonchev–Trinajstić information content (AvgIpc) is 3.19. The van der Waals surface area contributed by atoms with Crippen LogP contribution in [0.1, 0.15) is 24.7 Å². The highest BCUT2D eigenvalue weighted by molar-refractivity contribution is 7.99. The Kier molecular flexibility index (Phi) is 5.91. The average molecular weight is 403 g/mol. The van der Waals surface area contributed by atoms with Crippen molar-refractivity contribution in [3.05, 3.63) is 84.7 Å². The molecule has 2 aromatic heterocycles. The summed E-state index contributed by atoms with van der Waals surface area (Å²) in [4.78, 5) is 4.24. The van der Waals surface area contributed by atoms with Gasteiger partial charge in [0.1, 0.15) is 5.75 Å². The maximum atomic E-state index is 5.59. The third-order valence-electron chi connectivity index (χ3n) is 4.51. The quantitative estimate of drug-likeness (QED) is 0.378. The lowest BCUT2D eigenvalue weighted by atomic mass is 10.2. The van der Waals surface area contributed by atoms with Crippen molar-refractivity contribution in [3.63, 3.8) is 0 Å². The molecule has 29 heavy (non-hydrogen) atoms. The summed E-state index contributed by atoms with van der Waals surface area (Å²) in [5.41, 5.74) is 3.16. The molecule has 4 aromatic rings. The minimum Gasteiger partial charge on any atom is -0.494 e. The minimum absolute atomic E-state index is 0.239. The SMILES string of the molecule is CCOc1ccc(-n2c(SC(C)c3ccccc3)nnc2-c2cccnc2)cc1. The van der Waals surface area contributed by atoms with Crippen molar-refractivity contribution >= 4 is 11.8 Å². The van der Waals surface area contributed by atoms with Crippen LogP contribution in [-0.2, 0) is 0 Å². The molecule has 0 radical (unpaired) electrons. The van der Waals surface area contributed by atoms with Crippen molar-refractivity contribution in [1.29, 1.82) is 0 Å². The Morgan fingerprint density at radius 3 is 2.45 bits per heavy atom. The van der Waals surface area contributed by atoms with Gasteiger partial charge in [-0.25, -0.2) is 0 Å². The molecule has 2 aromatic carbocycles. The Morgan fingerprint density at radius 1 is 0.966 bits per heavy atom. The van der Waals surface area contributed by atoms with Gasteiger partial charge in [0.2, 0.25) is 0 Å². The van der Waals surface area contributed by atoms with Gasteiger partial charge < -0.3 is 4.74 Å². The number of rotatable bonds is 7. The molecule has 0 aliphatic rings. The van der Waals surface area contributed by atoms with Crippen LogP contribution >= 0.6 is 11.8 Å². The van der Waals surface area contributed by atoms with Gasteiger partial charge in [-0.3, -0.25) is 9.55 Å². The molecule has 0 N–H and O–H groups in total. The lowest BCUT2D eigenvalue weighted by Gasteiger charge is -2.14. The maximum absolute atomic E-state index is 5.59. The van der Waals surface area contributed by atoms with Gasteiger partial charge in [0.05, 0.1) is 6.61 Å². The van der Waals surface area contributed by atoms with Gasteiger partial charge in [0.25, 0.3) is 0 Å².